The van der Waals surface area contributed by atoms with Gasteiger partial charge in [-0.25, -0.2) is 4.79 Å². The van der Waals surface area contributed by atoms with Gasteiger partial charge in [0.1, 0.15) is 0 Å². The molecule has 2 aromatic rings. The number of carbonyl (C=O) groups is 1. The van der Waals surface area contributed by atoms with Gasteiger partial charge in [-0.05, 0) is 56.4 Å². The first-order chi connectivity index (χ1) is 12.0. The highest BCUT2D eigenvalue weighted by Gasteiger charge is 2.39. The summed E-state index contributed by atoms with van der Waals surface area (Å²) in [5.74, 6) is -0.374. The van der Waals surface area contributed by atoms with Gasteiger partial charge in [-0.1, -0.05) is 36.4 Å². The summed E-state index contributed by atoms with van der Waals surface area (Å²) in [6.07, 6.45) is 0. The van der Waals surface area contributed by atoms with E-state index in [-0.39, 0.29) is 5.97 Å². The third-order valence-electron chi connectivity index (χ3n) is 4.71. The topological polar surface area (TPSA) is 76.0 Å². The lowest BCUT2D eigenvalue weighted by molar-refractivity contribution is -0.0982. The van der Waals surface area contributed by atoms with E-state index in [1.165, 1.54) is 7.11 Å². The third kappa shape index (κ3) is 4.52. The van der Waals surface area contributed by atoms with Gasteiger partial charge in [0.25, 0.3) is 0 Å². The molecule has 0 aliphatic heterocycles. The summed E-state index contributed by atoms with van der Waals surface area (Å²) in [7, 11) is 0.203. The summed E-state index contributed by atoms with van der Waals surface area (Å²) in [5, 5.41) is 20.5. The second-order valence-corrected chi connectivity index (χ2v) is 7.23. The van der Waals surface area contributed by atoms with Crippen LogP contribution in [0.25, 0.3) is 11.1 Å². The Balaban J connectivity index is 2.14. The zero-order valence-corrected chi connectivity index (χ0v) is 15.8. The fourth-order valence-corrected chi connectivity index (χ4v) is 2.25. The molecular weight excluding hydrogens is 331 g/mol. The quantitative estimate of drug-likeness (QED) is 0.614. The van der Waals surface area contributed by atoms with Crippen molar-refractivity contribution in [1.29, 1.82) is 0 Å². The number of hydrogen-bond acceptors (Lipinski definition) is 5. The summed E-state index contributed by atoms with van der Waals surface area (Å²) in [4.78, 5) is 11.5. The molecule has 0 aliphatic carbocycles. The molecule has 0 saturated carbocycles. The minimum Gasteiger partial charge on any atom is -0.465 e. The highest BCUT2D eigenvalue weighted by Crippen LogP contribution is 2.25. The van der Waals surface area contributed by atoms with Gasteiger partial charge in [-0.3, -0.25) is 0 Å². The Morgan fingerprint density at radius 3 is 1.81 bits per heavy atom. The molecule has 0 amide bonds. The number of esters is 1. The molecule has 2 rings (SSSR count). The first-order valence-corrected chi connectivity index (χ1v) is 8.42. The molecule has 2 N–H and O–H groups in total. The van der Waals surface area contributed by atoms with Gasteiger partial charge in [-0.2, -0.15) is 0 Å². The molecule has 0 aromatic heterocycles. The number of methoxy groups -OCH3 is 1. The Morgan fingerprint density at radius 2 is 1.38 bits per heavy atom. The van der Waals surface area contributed by atoms with Crippen LogP contribution in [0.15, 0.2) is 48.5 Å². The molecular formula is C20H25BO5. The van der Waals surface area contributed by atoms with Crippen LogP contribution in [0.4, 0.5) is 0 Å². The number of benzene rings is 2. The average Bonchev–Trinajstić information content (AvgIpc) is 2.60. The van der Waals surface area contributed by atoms with E-state index in [0.29, 0.717) is 11.0 Å². The van der Waals surface area contributed by atoms with Crippen molar-refractivity contribution >= 4 is 18.6 Å². The van der Waals surface area contributed by atoms with Crippen molar-refractivity contribution in [1.82, 2.24) is 0 Å². The molecule has 0 bridgehead atoms. The van der Waals surface area contributed by atoms with Crippen molar-refractivity contribution in [3.8, 4) is 11.1 Å². The van der Waals surface area contributed by atoms with Crippen molar-refractivity contribution in [2.75, 3.05) is 7.11 Å². The van der Waals surface area contributed by atoms with Gasteiger partial charge >= 0.3 is 13.1 Å². The van der Waals surface area contributed by atoms with Crippen LogP contribution in [0.5, 0.6) is 0 Å². The summed E-state index contributed by atoms with van der Waals surface area (Å²) in [5.41, 5.74) is 0.947. The van der Waals surface area contributed by atoms with Crippen LogP contribution in [0, 0.1) is 0 Å². The van der Waals surface area contributed by atoms with Gasteiger partial charge < -0.3 is 19.5 Å². The summed E-state index contributed by atoms with van der Waals surface area (Å²) in [6, 6.07) is 14.4. The fraction of sp³-hybridized carbons (Fsp3) is 0.350. The SMILES string of the molecule is COC(=O)c1ccc(-c2ccc(B(O)OC(C)(C)C(C)(C)O)cc2)cc1. The maximum Gasteiger partial charge on any atom is 0.491 e. The molecule has 0 radical (unpaired) electrons. The molecule has 138 valence electrons. The largest absolute Gasteiger partial charge is 0.491 e. The monoisotopic (exact) mass is 356 g/mol. The van der Waals surface area contributed by atoms with E-state index < -0.39 is 18.3 Å². The molecule has 6 heteroatoms. The predicted molar refractivity (Wildman–Crippen MR) is 102 cm³/mol. The molecule has 5 nitrogen and oxygen atoms in total. The number of rotatable bonds is 6. The summed E-state index contributed by atoms with van der Waals surface area (Å²) >= 11 is 0. The minimum atomic E-state index is -1.15. The molecule has 0 aliphatic rings. The standard InChI is InChI=1S/C20H25BO5/c1-19(2,23)20(3,4)26-21(24)17-12-10-15(11-13-17)14-6-8-16(9-7-14)18(22)25-5/h6-13,23-24H,1-5H3. The van der Waals surface area contributed by atoms with Crippen molar-refractivity contribution in [3.63, 3.8) is 0 Å². The lowest BCUT2D eigenvalue weighted by Crippen LogP contribution is -2.53. The van der Waals surface area contributed by atoms with Gasteiger partial charge in [0.15, 0.2) is 0 Å². The summed E-state index contributed by atoms with van der Waals surface area (Å²) < 4.78 is 10.3. The van der Waals surface area contributed by atoms with E-state index in [1.807, 2.05) is 24.3 Å². The van der Waals surface area contributed by atoms with Gasteiger partial charge in [0, 0.05) is 0 Å². The van der Waals surface area contributed by atoms with E-state index in [1.54, 1.807) is 52.0 Å². The zero-order chi connectivity index (χ0) is 19.5. The van der Waals surface area contributed by atoms with Gasteiger partial charge in [0.05, 0.1) is 23.9 Å². The van der Waals surface area contributed by atoms with Crippen LogP contribution < -0.4 is 5.46 Å². The molecule has 0 saturated heterocycles. The molecule has 0 unspecified atom stereocenters. The lowest BCUT2D eigenvalue weighted by atomic mass is 9.76. The van der Waals surface area contributed by atoms with Crippen LogP contribution in [0.3, 0.4) is 0 Å². The molecule has 0 atom stereocenters. The Kier molecular flexibility index (Phi) is 5.91. The molecule has 0 heterocycles. The van der Waals surface area contributed by atoms with Crippen LogP contribution in [0.2, 0.25) is 0 Å². The first-order valence-electron chi connectivity index (χ1n) is 8.42. The molecule has 0 spiro atoms. The van der Waals surface area contributed by atoms with Crippen molar-refractivity contribution < 1.29 is 24.3 Å². The normalized spacial score (nSPS) is 12.0. The Labute approximate surface area is 154 Å². The van der Waals surface area contributed by atoms with Crippen LogP contribution >= 0.6 is 0 Å². The molecule has 0 fully saturated rings. The van der Waals surface area contributed by atoms with E-state index in [4.69, 9.17) is 4.65 Å². The highest BCUT2D eigenvalue weighted by molar-refractivity contribution is 6.60. The second-order valence-electron chi connectivity index (χ2n) is 7.23. The van der Waals surface area contributed by atoms with E-state index in [0.717, 1.165) is 11.1 Å². The van der Waals surface area contributed by atoms with Gasteiger partial charge in [-0.15, -0.1) is 0 Å². The predicted octanol–water partition coefficient (Wildman–Crippen LogP) is 2.39. The van der Waals surface area contributed by atoms with E-state index in [9.17, 15) is 14.9 Å². The van der Waals surface area contributed by atoms with Crippen molar-refractivity contribution in [2.45, 2.75) is 38.9 Å². The third-order valence-corrected chi connectivity index (χ3v) is 4.71. The minimum absolute atomic E-state index is 0.374. The number of aliphatic hydroxyl groups is 1. The number of hydrogen-bond donors (Lipinski definition) is 2. The summed E-state index contributed by atoms with van der Waals surface area (Å²) in [6.45, 7) is 6.74. The maximum absolute atomic E-state index is 11.5. The van der Waals surface area contributed by atoms with Crippen molar-refractivity contribution in [3.05, 3.63) is 54.1 Å². The van der Waals surface area contributed by atoms with Crippen molar-refractivity contribution in [2.24, 2.45) is 0 Å². The van der Waals surface area contributed by atoms with Crippen LogP contribution in [0.1, 0.15) is 38.1 Å². The Morgan fingerprint density at radius 1 is 0.923 bits per heavy atom. The van der Waals surface area contributed by atoms with Crippen LogP contribution in [-0.4, -0.2) is 41.5 Å². The number of ether oxygens (including phenoxy) is 1. The highest BCUT2D eigenvalue weighted by atomic mass is 16.5. The smallest absolute Gasteiger partial charge is 0.465 e. The van der Waals surface area contributed by atoms with Crippen LogP contribution in [-0.2, 0) is 9.39 Å². The lowest BCUT2D eigenvalue weighted by Gasteiger charge is -2.38. The fourth-order valence-electron chi connectivity index (χ4n) is 2.25. The van der Waals surface area contributed by atoms with Gasteiger partial charge in [0.2, 0.25) is 0 Å². The molecule has 26 heavy (non-hydrogen) atoms. The average molecular weight is 356 g/mol. The Bertz CT molecular complexity index is 745. The van der Waals surface area contributed by atoms with E-state index >= 15 is 0 Å². The van der Waals surface area contributed by atoms with E-state index in [2.05, 4.69) is 4.74 Å². The first kappa shape index (κ1) is 20.2. The maximum atomic E-state index is 11.5. The molecule has 2 aromatic carbocycles. The second kappa shape index (κ2) is 7.62. The zero-order valence-electron chi connectivity index (χ0n) is 15.8. The Hall–Kier alpha value is -2.15. The number of carbonyl (C=O) groups excluding carboxylic acids is 1.